The molecular formula is C23H26N2O4. The second kappa shape index (κ2) is 8.15. The van der Waals surface area contributed by atoms with Gasteiger partial charge in [0.2, 0.25) is 5.91 Å². The van der Waals surface area contributed by atoms with E-state index in [0.29, 0.717) is 18.5 Å². The maximum Gasteiger partial charge on any atom is 0.254 e. The third-order valence-corrected chi connectivity index (χ3v) is 5.81. The number of likely N-dealkylation sites (tertiary alicyclic amines) is 1. The lowest BCUT2D eigenvalue weighted by atomic mass is 10.0. The van der Waals surface area contributed by atoms with Crippen LogP contribution < -0.4 is 14.4 Å². The number of hydrogen-bond acceptors (Lipinski definition) is 4. The number of carbonyl (C=O) groups is 2. The normalized spacial score (nSPS) is 19.0. The van der Waals surface area contributed by atoms with Crippen LogP contribution in [-0.4, -0.2) is 44.0 Å². The predicted octanol–water partition coefficient (Wildman–Crippen LogP) is 3.81. The number of amides is 2. The molecule has 0 bridgehead atoms. The highest BCUT2D eigenvalue weighted by molar-refractivity contribution is 5.97. The SMILES string of the molecule is COc1ccc(OC)c([C@@H]2CCCN2C(=O)c2ccc(N3CCCC3=O)cc2)c1. The molecule has 2 aliphatic rings. The van der Waals surface area contributed by atoms with Gasteiger partial charge in [0.15, 0.2) is 0 Å². The minimum atomic E-state index is -0.0487. The van der Waals surface area contributed by atoms with Crippen LogP contribution in [0.4, 0.5) is 5.69 Å². The molecular weight excluding hydrogens is 368 g/mol. The van der Waals surface area contributed by atoms with E-state index in [1.807, 2.05) is 47.4 Å². The molecule has 0 saturated carbocycles. The van der Waals surface area contributed by atoms with E-state index in [2.05, 4.69) is 0 Å². The summed E-state index contributed by atoms with van der Waals surface area (Å²) < 4.78 is 10.9. The Hall–Kier alpha value is -3.02. The fraction of sp³-hybridized carbons (Fsp3) is 0.391. The third kappa shape index (κ3) is 3.67. The lowest BCUT2D eigenvalue weighted by Crippen LogP contribution is -2.31. The summed E-state index contributed by atoms with van der Waals surface area (Å²) in [5.41, 5.74) is 2.46. The Bertz CT molecular complexity index is 910. The molecule has 1 atom stereocenters. The number of nitrogens with zero attached hydrogens (tertiary/aromatic N) is 2. The van der Waals surface area contributed by atoms with Crippen molar-refractivity contribution < 1.29 is 19.1 Å². The average molecular weight is 394 g/mol. The molecule has 6 heteroatoms. The van der Waals surface area contributed by atoms with Crippen LogP contribution in [-0.2, 0) is 4.79 Å². The number of methoxy groups -OCH3 is 2. The maximum absolute atomic E-state index is 13.3. The highest BCUT2D eigenvalue weighted by atomic mass is 16.5. The van der Waals surface area contributed by atoms with Crippen LogP contribution in [0.1, 0.15) is 47.6 Å². The van der Waals surface area contributed by atoms with Gasteiger partial charge in [-0.05, 0) is 61.7 Å². The summed E-state index contributed by atoms with van der Waals surface area (Å²) in [6.45, 7) is 1.45. The Morgan fingerprint density at radius 2 is 1.79 bits per heavy atom. The van der Waals surface area contributed by atoms with Crippen LogP contribution in [0.2, 0.25) is 0 Å². The Morgan fingerprint density at radius 3 is 2.45 bits per heavy atom. The molecule has 0 radical (unpaired) electrons. The average Bonchev–Trinajstić information content (AvgIpc) is 3.42. The first-order valence-corrected chi connectivity index (χ1v) is 10.1. The van der Waals surface area contributed by atoms with Gasteiger partial charge in [0.25, 0.3) is 5.91 Å². The molecule has 2 saturated heterocycles. The fourth-order valence-corrected chi connectivity index (χ4v) is 4.30. The Morgan fingerprint density at radius 1 is 1.00 bits per heavy atom. The van der Waals surface area contributed by atoms with Crippen LogP contribution in [0.3, 0.4) is 0 Å². The highest BCUT2D eigenvalue weighted by Crippen LogP contribution is 2.39. The molecule has 29 heavy (non-hydrogen) atoms. The van der Waals surface area contributed by atoms with Gasteiger partial charge in [0.1, 0.15) is 11.5 Å². The van der Waals surface area contributed by atoms with Gasteiger partial charge >= 0.3 is 0 Å². The quantitative estimate of drug-likeness (QED) is 0.774. The van der Waals surface area contributed by atoms with Crippen molar-refractivity contribution in [3.63, 3.8) is 0 Å². The van der Waals surface area contributed by atoms with Crippen molar-refractivity contribution in [3.05, 3.63) is 53.6 Å². The molecule has 0 aromatic heterocycles. The zero-order valence-electron chi connectivity index (χ0n) is 16.9. The van der Waals surface area contributed by atoms with Gasteiger partial charge < -0.3 is 19.3 Å². The van der Waals surface area contributed by atoms with Crippen LogP contribution in [0, 0.1) is 0 Å². The van der Waals surface area contributed by atoms with E-state index >= 15 is 0 Å². The smallest absolute Gasteiger partial charge is 0.254 e. The van der Waals surface area contributed by atoms with Gasteiger partial charge in [-0.1, -0.05) is 0 Å². The lowest BCUT2D eigenvalue weighted by molar-refractivity contribution is -0.117. The molecule has 2 fully saturated rings. The van der Waals surface area contributed by atoms with Crippen molar-refractivity contribution in [1.29, 1.82) is 0 Å². The Balaban J connectivity index is 1.57. The van der Waals surface area contributed by atoms with Crippen molar-refractivity contribution in [2.24, 2.45) is 0 Å². The first-order valence-electron chi connectivity index (χ1n) is 10.1. The molecule has 2 heterocycles. The zero-order valence-corrected chi connectivity index (χ0v) is 16.9. The number of rotatable bonds is 5. The van der Waals surface area contributed by atoms with Crippen molar-refractivity contribution in [3.8, 4) is 11.5 Å². The molecule has 0 spiro atoms. The number of hydrogen-bond donors (Lipinski definition) is 0. The summed E-state index contributed by atoms with van der Waals surface area (Å²) in [5, 5.41) is 0. The highest BCUT2D eigenvalue weighted by Gasteiger charge is 2.33. The van der Waals surface area contributed by atoms with Crippen LogP contribution in [0.25, 0.3) is 0 Å². The summed E-state index contributed by atoms with van der Waals surface area (Å²) in [5.74, 6) is 1.66. The maximum atomic E-state index is 13.3. The largest absolute Gasteiger partial charge is 0.497 e. The van der Waals surface area contributed by atoms with E-state index in [0.717, 1.165) is 48.6 Å². The molecule has 2 aromatic rings. The van der Waals surface area contributed by atoms with Crippen molar-refractivity contribution in [1.82, 2.24) is 4.90 Å². The number of carbonyl (C=O) groups excluding carboxylic acids is 2. The van der Waals surface area contributed by atoms with Gasteiger partial charge in [-0.2, -0.15) is 0 Å². The Labute approximate surface area is 171 Å². The molecule has 152 valence electrons. The lowest BCUT2D eigenvalue weighted by Gasteiger charge is -2.27. The van der Waals surface area contributed by atoms with Gasteiger partial charge in [-0.25, -0.2) is 0 Å². The van der Waals surface area contributed by atoms with Crippen molar-refractivity contribution in [2.45, 2.75) is 31.7 Å². The van der Waals surface area contributed by atoms with E-state index in [1.165, 1.54) is 0 Å². The molecule has 0 aliphatic carbocycles. The Kier molecular flexibility index (Phi) is 5.43. The standard InChI is InChI=1S/C23H26N2O4/c1-28-18-11-12-21(29-2)19(15-18)20-5-3-14-25(20)23(27)16-7-9-17(10-8-16)24-13-4-6-22(24)26/h7-12,15,20H,3-6,13-14H2,1-2H3/t20-/m0/s1. The molecule has 2 aliphatic heterocycles. The summed E-state index contributed by atoms with van der Waals surface area (Å²) in [6.07, 6.45) is 3.31. The van der Waals surface area contributed by atoms with E-state index in [9.17, 15) is 9.59 Å². The van der Waals surface area contributed by atoms with Gasteiger partial charge in [0.05, 0.1) is 20.3 Å². The summed E-state index contributed by atoms with van der Waals surface area (Å²) in [6, 6.07) is 13.0. The molecule has 2 aromatic carbocycles. The van der Waals surface area contributed by atoms with Gasteiger partial charge in [-0.15, -0.1) is 0 Å². The third-order valence-electron chi connectivity index (χ3n) is 5.81. The fourth-order valence-electron chi connectivity index (χ4n) is 4.30. The molecule has 2 amide bonds. The molecule has 0 N–H and O–H groups in total. The van der Waals surface area contributed by atoms with Crippen LogP contribution in [0.15, 0.2) is 42.5 Å². The molecule has 4 rings (SSSR count). The van der Waals surface area contributed by atoms with Gasteiger partial charge in [-0.3, -0.25) is 9.59 Å². The van der Waals surface area contributed by atoms with Gasteiger partial charge in [0, 0.05) is 36.3 Å². The summed E-state index contributed by atoms with van der Waals surface area (Å²) in [4.78, 5) is 28.9. The van der Waals surface area contributed by atoms with E-state index in [-0.39, 0.29) is 17.9 Å². The summed E-state index contributed by atoms with van der Waals surface area (Å²) >= 11 is 0. The van der Waals surface area contributed by atoms with E-state index in [1.54, 1.807) is 19.1 Å². The molecule has 0 unspecified atom stereocenters. The predicted molar refractivity (Wildman–Crippen MR) is 111 cm³/mol. The van der Waals surface area contributed by atoms with E-state index < -0.39 is 0 Å². The number of ether oxygens (including phenoxy) is 2. The monoisotopic (exact) mass is 394 g/mol. The van der Waals surface area contributed by atoms with Crippen molar-refractivity contribution >= 4 is 17.5 Å². The van der Waals surface area contributed by atoms with Crippen LogP contribution in [0.5, 0.6) is 11.5 Å². The second-order valence-electron chi connectivity index (χ2n) is 7.46. The first-order chi connectivity index (χ1) is 14.1. The minimum absolute atomic E-state index is 0.00308. The number of benzene rings is 2. The summed E-state index contributed by atoms with van der Waals surface area (Å²) in [7, 11) is 3.28. The van der Waals surface area contributed by atoms with E-state index in [4.69, 9.17) is 9.47 Å². The second-order valence-corrected chi connectivity index (χ2v) is 7.46. The van der Waals surface area contributed by atoms with Crippen LogP contribution >= 0.6 is 0 Å². The van der Waals surface area contributed by atoms with Crippen molar-refractivity contribution in [2.75, 3.05) is 32.2 Å². The molecule has 6 nitrogen and oxygen atoms in total. The number of anilines is 1. The minimum Gasteiger partial charge on any atom is -0.497 e. The topological polar surface area (TPSA) is 59.1 Å². The first kappa shape index (κ1) is 19.3. The zero-order chi connectivity index (χ0) is 20.4.